The minimum Gasteiger partial charge on any atom is -0.494 e. The zero-order valence-electron chi connectivity index (χ0n) is 17.7. The van der Waals surface area contributed by atoms with Crippen LogP contribution < -0.4 is 11.2 Å². The van der Waals surface area contributed by atoms with Gasteiger partial charge in [0.1, 0.15) is 5.56 Å². The van der Waals surface area contributed by atoms with Gasteiger partial charge in [-0.1, -0.05) is 84.4 Å². The van der Waals surface area contributed by atoms with E-state index in [-0.39, 0.29) is 5.56 Å². The molecule has 2 heterocycles. The molecule has 0 bridgehead atoms. The first-order valence-corrected chi connectivity index (χ1v) is 10.9. The molecule has 4 aromatic rings. The molecule has 0 aliphatic carbocycles. The highest BCUT2D eigenvalue weighted by Crippen LogP contribution is 2.39. The predicted octanol–water partition coefficient (Wildman–Crippen LogP) is 5.07. The quantitative estimate of drug-likeness (QED) is 0.390. The molecule has 3 aromatic carbocycles. The predicted molar refractivity (Wildman–Crippen MR) is 135 cm³/mol. The maximum atomic E-state index is 12.7. The van der Waals surface area contributed by atoms with E-state index < -0.39 is 17.1 Å². The molecule has 6 nitrogen and oxygen atoms in total. The molecule has 0 atom stereocenters. The van der Waals surface area contributed by atoms with E-state index in [0.717, 1.165) is 28.1 Å². The molecule has 34 heavy (non-hydrogen) atoms. The number of aromatic amines is 2. The van der Waals surface area contributed by atoms with Gasteiger partial charge in [0, 0.05) is 21.7 Å². The van der Waals surface area contributed by atoms with E-state index >= 15 is 0 Å². The zero-order chi connectivity index (χ0) is 23.7. The number of aromatic nitrogens is 2. The summed E-state index contributed by atoms with van der Waals surface area (Å²) in [6, 6.07) is 24.4. The van der Waals surface area contributed by atoms with Crippen LogP contribution in [-0.4, -0.2) is 20.8 Å². The number of aromatic hydroxyl groups is 1. The van der Waals surface area contributed by atoms with E-state index in [9.17, 15) is 14.7 Å². The molecular formula is C27H18ClN3O3. The molecule has 1 aliphatic heterocycles. The van der Waals surface area contributed by atoms with Crippen LogP contribution in [0.5, 0.6) is 5.88 Å². The third kappa shape index (κ3) is 4.02. The number of fused-ring (bicyclic) bond motifs is 1. The van der Waals surface area contributed by atoms with Crippen molar-refractivity contribution in [3.8, 4) is 5.88 Å². The highest BCUT2D eigenvalue weighted by atomic mass is 35.5. The molecule has 7 heteroatoms. The van der Waals surface area contributed by atoms with E-state index in [4.69, 9.17) is 16.6 Å². The highest BCUT2D eigenvalue weighted by molar-refractivity contribution is 6.37. The molecule has 0 unspecified atom stereocenters. The molecule has 0 radical (unpaired) electrons. The number of hydrogen-bond acceptors (Lipinski definition) is 4. The summed E-state index contributed by atoms with van der Waals surface area (Å²) in [6.07, 6.45) is 3.59. The molecule has 1 aromatic heterocycles. The Morgan fingerprint density at radius 1 is 0.912 bits per heavy atom. The first-order chi connectivity index (χ1) is 16.5. The largest absolute Gasteiger partial charge is 0.494 e. The number of aliphatic imine (C=N–C) groups is 1. The second-order valence-electron chi connectivity index (χ2n) is 7.65. The minimum atomic E-state index is -0.783. The van der Waals surface area contributed by atoms with Gasteiger partial charge in [0.2, 0.25) is 5.88 Å². The normalized spacial score (nSPS) is 14.2. The van der Waals surface area contributed by atoms with Crippen LogP contribution in [0.2, 0.25) is 5.02 Å². The fourth-order valence-electron chi connectivity index (χ4n) is 3.95. The fraction of sp³-hybridized carbons (Fsp3) is 0. The summed E-state index contributed by atoms with van der Waals surface area (Å²) >= 11 is 6.29. The Balaban J connectivity index is 1.75. The van der Waals surface area contributed by atoms with Gasteiger partial charge in [-0.3, -0.25) is 14.8 Å². The summed E-state index contributed by atoms with van der Waals surface area (Å²) in [6.45, 7) is 0. The molecular weight excluding hydrogens is 450 g/mol. The maximum Gasteiger partial charge on any atom is 0.328 e. The number of nitrogens with one attached hydrogen (secondary N) is 2. The monoisotopic (exact) mass is 467 g/mol. The van der Waals surface area contributed by atoms with Gasteiger partial charge in [0.15, 0.2) is 0 Å². The Kier molecular flexibility index (Phi) is 5.57. The summed E-state index contributed by atoms with van der Waals surface area (Å²) in [4.78, 5) is 33.5. The van der Waals surface area contributed by atoms with Crippen molar-refractivity contribution < 1.29 is 5.11 Å². The van der Waals surface area contributed by atoms with Crippen LogP contribution in [0.15, 0.2) is 106 Å². The standard InChI is InChI=1S/C27H18ClN3O3/c28-18-11-14-22-21(15-18)20(24(29-22)17-9-5-2-6-10-17)13-12-19(16-7-3-1-4-8-16)23-25(32)30-27(34)31-26(23)33/h1-15H,(H3,30,31,32,33,34). The van der Waals surface area contributed by atoms with Crippen molar-refractivity contribution >= 4 is 34.1 Å². The second kappa shape index (κ2) is 8.84. The maximum absolute atomic E-state index is 12.7. The first kappa shape index (κ1) is 21.4. The molecule has 0 spiro atoms. The lowest BCUT2D eigenvalue weighted by Gasteiger charge is -2.09. The minimum absolute atomic E-state index is 0.0369. The topological polar surface area (TPSA) is 98.3 Å². The van der Waals surface area contributed by atoms with E-state index in [0.29, 0.717) is 16.2 Å². The number of halogens is 1. The van der Waals surface area contributed by atoms with Crippen LogP contribution in [0.4, 0.5) is 5.69 Å². The molecule has 3 N–H and O–H groups in total. The van der Waals surface area contributed by atoms with Gasteiger partial charge in [-0.25, -0.2) is 9.79 Å². The smallest absolute Gasteiger partial charge is 0.328 e. The Morgan fingerprint density at radius 2 is 1.62 bits per heavy atom. The van der Waals surface area contributed by atoms with E-state index in [1.165, 1.54) is 0 Å². The van der Waals surface area contributed by atoms with Crippen LogP contribution in [-0.2, 0) is 0 Å². The average molecular weight is 468 g/mol. The number of rotatable bonds is 4. The van der Waals surface area contributed by atoms with E-state index in [2.05, 4.69) is 9.97 Å². The summed E-state index contributed by atoms with van der Waals surface area (Å²) < 4.78 is 0. The Bertz CT molecular complexity index is 1600. The second-order valence-corrected chi connectivity index (χ2v) is 8.08. The van der Waals surface area contributed by atoms with Gasteiger partial charge < -0.3 is 5.11 Å². The first-order valence-electron chi connectivity index (χ1n) is 10.5. The summed E-state index contributed by atoms with van der Waals surface area (Å²) in [7, 11) is 0. The third-order valence-corrected chi connectivity index (χ3v) is 5.71. The number of nitrogens with zero attached hydrogens (tertiary/aromatic N) is 1. The Labute approximate surface area is 199 Å². The molecule has 0 saturated carbocycles. The molecule has 1 aliphatic rings. The van der Waals surface area contributed by atoms with Crippen LogP contribution in [0.25, 0.3) is 11.1 Å². The Hall–Kier alpha value is -4.42. The van der Waals surface area contributed by atoms with Crippen LogP contribution in [0.1, 0.15) is 22.3 Å². The third-order valence-electron chi connectivity index (χ3n) is 5.48. The van der Waals surface area contributed by atoms with Crippen molar-refractivity contribution in [2.75, 3.05) is 0 Å². The Morgan fingerprint density at radius 3 is 2.32 bits per heavy atom. The van der Waals surface area contributed by atoms with Gasteiger partial charge in [0.25, 0.3) is 5.56 Å². The molecule has 5 rings (SSSR count). The van der Waals surface area contributed by atoms with Crippen LogP contribution in [0, 0.1) is 0 Å². The van der Waals surface area contributed by atoms with Gasteiger partial charge in [-0.05, 0) is 29.3 Å². The molecule has 0 fully saturated rings. The number of hydrogen-bond donors (Lipinski definition) is 3. The summed E-state index contributed by atoms with van der Waals surface area (Å²) in [5, 5.41) is 11.0. The zero-order valence-corrected chi connectivity index (χ0v) is 18.5. The number of H-pyrrole nitrogens is 2. The fourth-order valence-corrected chi connectivity index (χ4v) is 4.12. The van der Waals surface area contributed by atoms with E-state index in [1.54, 1.807) is 12.1 Å². The molecule has 166 valence electrons. The summed E-state index contributed by atoms with van der Waals surface area (Å²) in [5.41, 5.74) is 3.77. The van der Waals surface area contributed by atoms with Gasteiger partial charge >= 0.3 is 5.69 Å². The van der Waals surface area contributed by atoms with Crippen molar-refractivity contribution in [3.63, 3.8) is 0 Å². The number of allylic oxidation sites excluding steroid dienone is 3. The van der Waals surface area contributed by atoms with Gasteiger partial charge in [0.05, 0.1) is 11.4 Å². The van der Waals surface area contributed by atoms with Gasteiger partial charge in [-0.2, -0.15) is 0 Å². The van der Waals surface area contributed by atoms with Crippen molar-refractivity contribution in [2.24, 2.45) is 4.99 Å². The average Bonchev–Trinajstić information content (AvgIpc) is 3.19. The molecule has 0 saturated heterocycles. The lowest BCUT2D eigenvalue weighted by molar-refractivity contribution is 0.446. The van der Waals surface area contributed by atoms with Crippen LogP contribution in [0.3, 0.4) is 0 Å². The van der Waals surface area contributed by atoms with Crippen LogP contribution >= 0.6 is 11.6 Å². The lowest BCUT2D eigenvalue weighted by atomic mass is 9.95. The lowest BCUT2D eigenvalue weighted by Crippen LogP contribution is -2.24. The molecule has 0 amide bonds. The van der Waals surface area contributed by atoms with Crippen molar-refractivity contribution in [1.82, 2.24) is 9.97 Å². The van der Waals surface area contributed by atoms with Gasteiger partial charge in [-0.15, -0.1) is 0 Å². The summed E-state index contributed by atoms with van der Waals surface area (Å²) in [5.74, 6) is -0.505. The number of benzene rings is 3. The van der Waals surface area contributed by atoms with E-state index in [1.807, 2.05) is 78.9 Å². The van der Waals surface area contributed by atoms with Crippen molar-refractivity contribution in [3.05, 3.63) is 139 Å². The van der Waals surface area contributed by atoms with Crippen molar-refractivity contribution in [2.45, 2.75) is 0 Å². The van der Waals surface area contributed by atoms with Crippen molar-refractivity contribution in [1.29, 1.82) is 0 Å². The highest BCUT2D eigenvalue weighted by Gasteiger charge is 2.23. The SMILES string of the molecule is O=c1[nH]c(O)c(C(=CC=C2C(c3ccccc3)=Nc3ccc(Cl)cc32)c2ccccc2)c(=O)[nH]1.